The number of imidazole rings is 1. The van der Waals surface area contributed by atoms with Crippen molar-refractivity contribution in [3.05, 3.63) is 42.5 Å². The van der Waals surface area contributed by atoms with Crippen LogP contribution in [0, 0.1) is 0 Å². The molecule has 0 saturated carbocycles. The van der Waals surface area contributed by atoms with E-state index in [-0.39, 0.29) is 6.47 Å². The Labute approximate surface area is 160 Å². The summed E-state index contributed by atoms with van der Waals surface area (Å²) in [6.45, 7) is 1.56. The topological polar surface area (TPSA) is 138 Å². The fourth-order valence-electron chi connectivity index (χ4n) is 3.57. The van der Waals surface area contributed by atoms with Crippen molar-refractivity contribution in [2.45, 2.75) is 18.8 Å². The number of nitrogen functional groups attached to an aromatic ring is 1. The Kier molecular flexibility index (Phi) is 4.75. The lowest BCUT2D eigenvalue weighted by Gasteiger charge is -2.32. The second kappa shape index (κ2) is 7.51. The van der Waals surface area contributed by atoms with Crippen LogP contribution in [0.15, 0.2) is 36.7 Å². The van der Waals surface area contributed by atoms with Gasteiger partial charge in [-0.2, -0.15) is 4.98 Å². The van der Waals surface area contributed by atoms with E-state index in [1.807, 2.05) is 24.3 Å². The number of piperidine rings is 1. The van der Waals surface area contributed by atoms with Crippen LogP contribution in [0.4, 0.5) is 11.8 Å². The van der Waals surface area contributed by atoms with Crippen LogP contribution in [0.3, 0.4) is 0 Å². The van der Waals surface area contributed by atoms with E-state index in [1.54, 1.807) is 10.7 Å². The average molecular weight is 380 g/mol. The lowest BCUT2D eigenvalue weighted by molar-refractivity contribution is -0.122. The third kappa shape index (κ3) is 3.31. The summed E-state index contributed by atoms with van der Waals surface area (Å²) in [5.41, 5.74) is 8.85. The maximum Gasteiger partial charge on any atom is 0.290 e. The van der Waals surface area contributed by atoms with Gasteiger partial charge in [0.1, 0.15) is 18.0 Å². The predicted octanol–water partition coefficient (Wildman–Crippen LogP) is 1.67. The van der Waals surface area contributed by atoms with Gasteiger partial charge in [0.25, 0.3) is 6.47 Å². The lowest BCUT2D eigenvalue weighted by atomic mass is 9.97. The van der Waals surface area contributed by atoms with Crippen LogP contribution in [0.2, 0.25) is 0 Å². The summed E-state index contributed by atoms with van der Waals surface area (Å²) in [5, 5.41) is 14.9. The first-order valence-corrected chi connectivity index (χ1v) is 8.93. The predicted molar refractivity (Wildman–Crippen MR) is 104 cm³/mol. The fourth-order valence-corrected chi connectivity index (χ4v) is 3.57. The number of H-pyrrole nitrogens is 1. The molecule has 0 radical (unpaired) electrons. The second-order valence-corrected chi connectivity index (χ2v) is 6.56. The van der Waals surface area contributed by atoms with Gasteiger partial charge in [-0.1, -0.05) is 12.1 Å². The van der Waals surface area contributed by atoms with Crippen LogP contribution in [0.1, 0.15) is 24.6 Å². The van der Waals surface area contributed by atoms with E-state index in [0.29, 0.717) is 17.5 Å². The number of hydrogen-bond acceptors (Lipinski definition) is 7. The number of para-hydroxylation sites is 2. The molecule has 10 heteroatoms. The Morgan fingerprint density at radius 2 is 2.11 bits per heavy atom. The number of benzene rings is 1. The van der Waals surface area contributed by atoms with Gasteiger partial charge in [0.05, 0.1) is 11.0 Å². The zero-order valence-corrected chi connectivity index (χ0v) is 15.1. The van der Waals surface area contributed by atoms with Crippen LogP contribution < -0.4 is 10.6 Å². The number of anilines is 2. The molecule has 1 aromatic carbocycles. The Morgan fingerprint density at radius 3 is 2.93 bits per heavy atom. The molecule has 1 unspecified atom stereocenters. The number of nitrogens with zero attached hydrogens (tertiary/aromatic N) is 6. The Balaban J connectivity index is 0.000000604. The normalized spacial score (nSPS) is 16.7. The van der Waals surface area contributed by atoms with Crippen LogP contribution >= 0.6 is 0 Å². The summed E-state index contributed by atoms with van der Waals surface area (Å²) in [6.07, 6.45) is 3.77. The molecule has 4 aromatic rings. The molecule has 1 saturated heterocycles. The molecule has 0 amide bonds. The SMILES string of the molecule is Nc1nc(N2CCCC(c3nc4ccccc4[nH]3)C2)cc2nncn12.O=CO. The number of fused-ring (bicyclic) bond motifs is 2. The van der Waals surface area contributed by atoms with Gasteiger partial charge in [-0.3, -0.25) is 9.20 Å². The van der Waals surface area contributed by atoms with Crippen molar-refractivity contribution in [1.29, 1.82) is 0 Å². The molecule has 4 N–H and O–H groups in total. The van der Waals surface area contributed by atoms with Crippen molar-refractivity contribution in [1.82, 2.24) is 29.5 Å². The highest BCUT2D eigenvalue weighted by molar-refractivity contribution is 5.74. The molecule has 4 heterocycles. The zero-order valence-electron chi connectivity index (χ0n) is 15.1. The molecule has 0 aliphatic carbocycles. The zero-order chi connectivity index (χ0) is 19.5. The highest BCUT2D eigenvalue weighted by Crippen LogP contribution is 2.29. The first-order valence-electron chi connectivity index (χ1n) is 8.93. The third-order valence-corrected chi connectivity index (χ3v) is 4.85. The number of carbonyl (C=O) groups is 1. The molecule has 10 nitrogen and oxygen atoms in total. The molecule has 1 fully saturated rings. The number of hydrogen-bond donors (Lipinski definition) is 3. The largest absolute Gasteiger partial charge is 0.483 e. The minimum absolute atomic E-state index is 0.250. The van der Waals surface area contributed by atoms with Crippen molar-refractivity contribution in [3.8, 4) is 0 Å². The highest BCUT2D eigenvalue weighted by Gasteiger charge is 2.25. The molecular weight excluding hydrogens is 360 g/mol. The maximum atomic E-state index is 8.36. The molecular formula is C18H20N8O2. The number of aromatic amines is 1. The molecule has 1 aliphatic rings. The van der Waals surface area contributed by atoms with Gasteiger partial charge in [0, 0.05) is 25.1 Å². The molecule has 28 heavy (non-hydrogen) atoms. The van der Waals surface area contributed by atoms with Crippen molar-refractivity contribution in [2.24, 2.45) is 0 Å². The average Bonchev–Trinajstić information content (AvgIpc) is 3.36. The van der Waals surface area contributed by atoms with Crippen molar-refractivity contribution in [3.63, 3.8) is 0 Å². The van der Waals surface area contributed by atoms with Gasteiger partial charge < -0.3 is 20.7 Å². The van der Waals surface area contributed by atoms with Crippen LogP contribution in [-0.2, 0) is 4.79 Å². The number of nitrogens with two attached hydrogens (primary N) is 1. The van der Waals surface area contributed by atoms with Crippen LogP contribution in [-0.4, -0.2) is 54.2 Å². The van der Waals surface area contributed by atoms with Gasteiger partial charge >= 0.3 is 0 Å². The molecule has 144 valence electrons. The third-order valence-electron chi connectivity index (χ3n) is 4.85. The first kappa shape index (κ1) is 17.7. The number of carboxylic acid groups (broad SMARTS) is 1. The molecule has 0 bridgehead atoms. The molecule has 1 aliphatic heterocycles. The number of nitrogens with one attached hydrogen (secondary N) is 1. The summed E-state index contributed by atoms with van der Waals surface area (Å²) in [5.74, 6) is 2.64. The van der Waals surface area contributed by atoms with E-state index in [1.165, 1.54) is 0 Å². The monoisotopic (exact) mass is 380 g/mol. The Hall–Kier alpha value is -3.69. The summed E-state index contributed by atoms with van der Waals surface area (Å²) in [4.78, 5) is 23.4. The minimum Gasteiger partial charge on any atom is -0.483 e. The summed E-state index contributed by atoms with van der Waals surface area (Å²) >= 11 is 0. The van der Waals surface area contributed by atoms with E-state index in [9.17, 15) is 0 Å². The summed E-state index contributed by atoms with van der Waals surface area (Å²) in [7, 11) is 0. The van der Waals surface area contributed by atoms with E-state index >= 15 is 0 Å². The Bertz CT molecular complexity index is 1070. The molecule has 3 aromatic heterocycles. The van der Waals surface area contributed by atoms with Gasteiger partial charge in [-0.25, -0.2) is 4.98 Å². The van der Waals surface area contributed by atoms with E-state index in [4.69, 9.17) is 20.6 Å². The molecule has 0 spiro atoms. The number of rotatable bonds is 2. The fraction of sp³-hybridized carbons (Fsp3) is 0.278. The van der Waals surface area contributed by atoms with Crippen LogP contribution in [0.5, 0.6) is 0 Å². The lowest BCUT2D eigenvalue weighted by Crippen LogP contribution is -2.35. The standard InChI is InChI=1S/C17H18N8.CH2O2/c18-17-22-14(8-15-23-19-10-25(15)17)24-7-3-4-11(9-24)16-20-12-5-1-2-6-13(12)21-16;2-1-3/h1-2,5-6,8,10-11H,3-4,7,9H2,(H2,18,22)(H,20,21);1H,(H,2,3). The number of aromatic nitrogens is 6. The van der Waals surface area contributed by atoms with Crippen LogP contribution in [0.25, 0.3) is 16.7 Å². The van der Waals surface area contributed by atoms with Gasteiger partial charge in [0.2, 0.25) is 5.95 Å². The van der Waals surface area contributed by atoms with E-state index in [2.05, 4.69) is 31.1 Å². The Morgan fingerprint density at radius 1 is 1.29 bits per heavy atom. The van der Waals surface area contributed by atoms with Gasteiger partial charge in [-0.05, 0) is 25.0 Å². The van der Waals surface area contributed by atoms with Crippen molar-refractivity contribution in [2.75, 3.05) is 23.7 Å². The maximum absolute atomic E-state index is 8.36. The smallest absolute Gasteiger partial charge is 0.290 e. The van der Waals surface area contributed by atoms with E-state index < -0.39 is 0 Å². The summed E-state index contributed by atoms with van der Waals surface area (Å²) in [6, 6.07) is 10.1. The molecule has 5 rings (SSSR count). The minimum atomic E-state index is -0.250. The quantitative estimate of drug-likeness (QED) is 0.446. The van der Waals surface area contributed by atoms with Crippen molar-refractivity contribution < 1.29 is 9.90 Å². The molecule has 1 atom stereocenters. The van der Waals surface area contributed by atoms with Gasteiger partial charge in [-0.15, -0.1) is 10.2 Å². The second-order valence-electron chi connectivity index (χ2n) is 6.56. The van der Waals surface area contributed by atoms with Gasteiger partial charge in [0.15, 0.2) is 5.65 Å². The first-order chi connectivity index (χ1) is 13.7. The van der Waals surface area contributed by atoms with E-state index in [0.717, 1.165) is 48.6 Å². The highest BCUT2D eigenvalue weighted by atomic mass is 16.3. The van der Waals surface area contributed by atoms with Crippen molar-refractivity contribution >= 4 is 34.9 Å². The summed E-state index contributed by atoms with van der Waals surface area (Å²) < 4.78 is 1.68.